The van der Waals surface area contributed by atoms with E-state index in [1.807, 2.05) is 55.8 Å². The first-order valence-electron chi connectivity index (χ1n) is 10.9. The van der Waals surface area contributed by atoms with Gasteiger partial charge in [0.15, 0.2) is 5.75 Å². The van der Waals surface area contributed by atoms with Crippen molar-refractivity contribution >= 4 is 10.0 Å². The van der Waals surface area contributed by atoms with Gasteiger partial charge in [-0.1, -0.05) is 62.4 Å². The first-order valence-corrected chi connectivity index (χ1v) is 12.3. The van der Waals surface area contributed by atoms with E-state index in [-0.39, 0.29) is 35.3 Å². The Morgan fingerprint density at radius 1 is 1.00 bits per heavy atom. The van der Waals surface area contributed by atoms with Crippen LogP contribution in [-0.4, -0.2) is 19.0 Å². The summed E-state index contributed by atoms with van der Waals surface area (Å²) in [6, 6.07) is 18.1. The largest absolute Gasteiger partial charge is 0.483 e. The van der Waals surface area contributed by atoms with Crippen LogP contribution in [0.2, 0.25) is 0 Å². The average molecular weight is 470 g/mol. The Morgan fingerprint density at radius 3 is 2.33 bits per heavy atom. The Kier molecular flexibility index (Phi) is 8.07. The zero-order valence-electron chi connectivity index (χ0n) is 19.5. The molecule has 8 heteroatoms. The maximum absolute atomic E-state index is 13.0. The molecule has 3 rings (SSSR count). The number of hydrogen-bond acceptors (Lipinski definition) is 5. The number of benzene rings is 2. The smallest absolute Gasteiger partial charge is 0.241 e. The van der Waals surface area contributed by atoms with E-state index in [9.17, 15) is 13.2 Å². The molecule has 0 aliphatic rings. The Morgan fingerprint density at radius 2 is 1.67 bits per heavy atom. The van der Waals surface area contributed by atoms with Crippen molar-refractivity contribution < 1.29 is 13.2 Å². The molecular weight excluding hydrogens is 438 g/mol. The number of sulfonamides is 1. The Hall–Kier alpha value is -2.94. The molecule has 0 spiro atoms. The van der Waals surface area contributed by atoms with Crippen molar-refractivity contribution in [3.05, 3.63) is 93.4 Å². The molecule has 33 heavy (non-hydrogen) atoms. The standard InChI is InChI=1S/C25H31N3O4S/c1-18(2)26-16-22-25(32-17-20-11-6-5-7-12-20)23(29)14-21(28(22)4)15-27-33(30,31)24-13-9-8-10-19(24)3/h5-14,18,26-27H,15-17H2,1-4H3. The third-order valence-corrected chi connectivity index (χ3v) is 6.91. The number of rotatable bonds is 10. The van der Waals surface area contributed by atoms with Crippen LogP contribution in [0.25, 0.3) is 0 Å². The molecule has 0 amide bonds. The van der Waals surface area contributed by atoms with E-state index >= 15 is 0 Å². The van der Waals surface area contributed by atoms with E-state index in [0.29, 0.717) is 23.5 Å². The van der Waals surface area contributed by atoms with Gasteiger partial charge in [0, 0.05) is 31.4 Å². The minimum absolute atomic E-state index is 0.0178. The monoisotopic (exact) mass is 469 g/mol. The molecule has 7 nitrogen and oxygen atoms in total. The molecule has 0 aliphatic heterocycles. The molecule has 2 aromatic carbocycles. The van der Waals surface area contributed by atoms with E-state index in [1.165, 1.54) is 6.07 Å². The number of ether oxygens (including phenoxy) is 1. The second-order valence-corrected chi connectivity index (χ2v) is 9.97. The van der Waals surface area contributed by atoms with E-state index in [2.05, 4.69) is 10.0 Å². The highest BCUT2D eigenvalue weighted by atomic mass is 32.2. The lowest BCUT2D eigenvalue weighted by Crippen LogP contribution is -2.30. The fourth-order valence-electron chi connectivity index (χ4n) is 3.44. The number of aryl methyl sites for hydroxylation is 1. The summed E-state index contributed by atoms with van der Waals surface area (Å²) in [5, 5.41) is 3.32. The van der Waals surface area contributed by atoms with Gasteiger partial charge in [0.2, 0.25) is 15.5 Å². The van der Waals surface area contributed by atoms with Gasteiger partial charge in [-0.3, -0.25) is 4.79 Å². The summed E-state index contributed by atoms with van der Waals surface area (Å²) in [6.07, 6.45) is 0. The molecule has 0 atom stereocenters. The highest BCUT2D eigenvalue weighted by molar-refractivity contribution is 7.89. The van der Waals surface area contributed by atoms with Crippen LogP contribution in [0.1, 0.15) is 36.4 Å². The predicted molar refractivity (Wildman–Crippen MR) is 130 cm³/mol. The van der Waals surface area contributed by atoms with Crippen LogP contribution < -0.4 is 20.2 Å². The lowest BCUT2D eigenvalue weighted by molar-refractivity contribution is 0.294. The molecule has 0 unspecified atom stereocenters. The van der Waals surface area contributed by atoms with Crippen molar-refractivity contribution in [2.24, 2.45) is 7.05 Å². The summed E-state index contributed by atoms with van der Waals surface area (Å²) in [6.45, 7) is 6.44. The summed E-state index contributed by atoms with van der Waals surface area (Å²) in [7, 11) is -1.92. The number of pyridine rings is 1. The maximum Gasteiger partial charge on any atom is 0.241 e. The van der Waals surface area contributed by atoms with E-state index in [4.69, 9.17) is 4.74 Å². The molecule has 176 valence electrons. The molecular formula is C25H31N3O4S. The molecule has 1 aromatic heterocycles. The van der Waals surface area contributed by atoms with Crippen molar-refractivity contribution in [2.45, 2.75) is 51.4 Å². The number of hydrogen-bond donors (Lipinski definition) is 2. The van der Waals surface area contributed by atoms with Gasteiger partial charge in [-0.25, -0.2) is 13.1 Å². The van der Waals surface area contributed by atoms with Crippen LogP contribution in [0.4, 0.5) is 0 Å². The number of nitrogens with one attached hydrogen (secondary N) is 2. The van der Waals surface area contributed by atoms with Crippen LogP contribution in [0.5, 0.6) is 5.75 Å². The molecule has 0 radical (unpaired) electrons. The van der Waals surface area contributed by atoms with Gasteiger partial charge in [0.05, 0.1) is 17.1 Å². The van der Waals surface area contributed by atoms with Gasteiger partial charge < -0.3 is 14.6 Å². The predicted octanol–water partition coefficient (Wildman–Crippen LogP) is 3.25. The van der Waals surface area contributed by atoms with Gasteiger partial charge in [-0.05, 0) is 24.1 Å². The zero-order chi connectivity index (χ0) is 24.0. The van der Waals surface area contributed by atoms with Crippen molar-refractivity contribution in [2.75, 3.05) is 0 Å². The first kappa shape index (κ1) is 24.7. The van der Waals surface area contributed by atoms with Gasteiger partial charge >= 0.3 is 0 Å². The third kappa shape index (κ3) is 6.31. The van der Waals surface area contributed by atoms with Crippen molar-refractivity contribution in [3.63, 3.8) is 0 Å². The fraction of sp³-hybridized carbons (Fsp3) is 0.320. The minimum Gasteiger partial charge on any atom is -0.483 e. The molecule has 0 aliphatic carbocycles. The lowest BCUT2D eigenvalue weighted by atomic mass is 10.2. The second-order valence-electron chi connectivity index (χ2n) is 8.23. The van der Waals surface area contributed by atoms with E-state index in [1.54, 1.807) is 31.2 Å². The Bertz CT molecular complexity index is 1250. The summed E-state index contributed by atoms with van der Waals surface area (Å²) in [5.41, 5.74) is 2.54. The van der Waals surface area contributed by atoms with Crippen LogP contribution >= 0.6 is 0 Å². The number of aromatic nitrogens is 1. The van der Waals surface area contributed by atoms with Gasteiger partial charge in [-0.15, -0.1) is 0 Å². The average Bonchev–Trinajstić information content (AvgIpc) is 2.78. The van der Waals surface area contributed by atoms with Crippen LogP contribution in [0.15, 0.2) is 70.4 Å². The van der Waals surface area contributed by atoms with Gasteiger partial charge in [0.25, 0.3) is 0 Å². The highest BCUT2D eigenvalue weighted by Crippen LogP contribution is 2.19. The van der Waals surface area contributed by atoms with Gasteiger partial charge in [0.1, 0.15) is 6.61 Å². The molecule has 1 heterocycles. The zero-order valence-corrected chi connectivity index (χ0v) is 20.3. The minimum atomic E-state index is -3.73. The third-order valence-electron chi connectivity index (χ3n) is 5.35. The Balaban J connectivity index is 1.89. The SMILES string of the molecule is Cc1ccccc1S(=O)(=O)NCc1cc(=O)c(OCc2ccccc2)c(CNC(C)C)n1C. The molecule has 0 saturated carbocycles. The van der Waals surface area contributed by atoms with E-state index < -0.39 is 10.0 Å². The Labute approximate surface area is 195 Å². The highest BCUT2D eigenvalue weighted by Gasteiger charge is 2.19. The van der Waals surface area contributed by atoms with Crippen LogP contribution in [0, 0.1) is 6.92 Å². The molecule has 0 fully saturated rings. The maximum atomic E-state index is 13.0. The van der Waals surface area contributed by atoms with E-state index in [0.717, 1.165) is 5.56 Å². The molecule has 3 aromatic rings. The molecule has 2 N–H and O–H groups in total. The topological polar surface area (TPSA) is 89.4 Å². The van der Waals surface area contributed by atoms with Crippen LogP contribution in [-0.2, 0) is 36.8 Å². The summed E-state index contributed by atoms with van der Waals surface area (Å²) >= 11 is 0. The van der Waals surface area contributed by atoms with Crippen molar-refractivity contribution in [3.8, 4) is 5.75 Å². The van der Waals surface area contributed by atoms with Crippen LogP contribution in [0.3, 0.4) is 0 Å². The summed E-state index contributed by atoms with van der Waals surface area (Å²) in [4.78, 5) is 13.2. The quantitative estimate of drug-likeness (QED) is 0.476. The summed E-state index contributed by atoms with van der Waals surface area (Å²) < 4.78 is 36.0. The number of nitrogens with zero attached hydrogens (tertiary/aromatic N) is 1. The van der Waals surface area contributed by atoms with Crippen molar-refractivity contribution in [1.29, 1.82) is 0 Å². The fourth-order valence-corrected chi connectivity index (χ4v) is 4.68. The first-order chi connectivity index (χ1) is 15.7. The summed E-state index contributed by atoms with van der Waals surface area (Å²) in [5.74, 6) is 0.264. The second kappa shape index (κ2) is 10.8. The normalized spacial score (nSPS) is 11.7. The molecule has 0 bridgehead atoms. The molecule has 0 saturated heterocycles. The van der Waals surface area contributed by atoms with Crippen molar-refractivity contribution in [1.82, 2.24) is 14.6 Å². The van der Waals surface area contributed by atoms with Gasteiger partial charge in [-0.2, -0.15) is 0 Å². The lowest BCUT2D eigenvalue weighted by Gasteiger charge is -2.20.